The molecule has 1 aromatic heterocycles. The average Bonchev–Trinajstić information content (AvgIpc) is 2.52. The first-order valence-electron chi connectivity index (χ1n) is 6.61. The molecule has 2 aromatic carbocycles. The number of aliphatic hydroxyl groups excluding tert-OH is 1. The molecule has 0 amide bonds. The number of benzene rings is 2. The Hall–Kier alpha value is -2.24. The van der Waals surface area contributed by atoms with Gasteiger partial charge in [0.15, 0.2) is 4.77 Å². The number of fused-ring (bicyclic) bond motifs is 1. The molecule has 0 aliphatic carbocycles. The number of nitrogens with zero attached hydrogens (tertiary/aromatic N) is 1. The van der Waals surface area contributed by atoms with Crippen molar-refractivity contribution in [2.45, 2.75) is 12.6 Å². The van der Waals surface area contributed by atoms with E-state index in [9.17, 15) is 9.90 Å². The predicted molar refractivity (Wildman–Crippen MR) is 84.8 cm³/mol. The molecular formula is C16H14N2O2S. The van der Waals surface area contributed by atoms with Gasteiger partial charge >= 0.3 is 0 Å². The third-order valence-corrected chi connectivity index (χ3v) is 3.75. The second kappa shape index (κ2) is 5.63. The summed E-state index contributed by atoms with van der Waals surface area (Å²) in [5.74, 6) is 0. The molecule has 0 aliphatic heterocycles. The summed E-state index contributed by atoms with van der Waals surface area (Å²) in [6, 6.07) is 16.4. The summed E-state index contributed by atoms with van der Waals surface area (Å²) < 4.78 is 1.71. The molecule has 5 heteroatoms. The van der Waals surface area contributed by atoms with Crippen LogP contribution in [0.1, 0.15) is 11.7 Å². The van der Waals surface area contributed by atoms with Gasteiger partial charge in [-0.25, -0.2) is 0 Å². The van der Waals surface area contributed by atoms with Crippen LogP contribution < -0.4 is 5.56 Å². The predicted octanol–water partition coefficient (Wildman–Crippen LogP) is 2.79. The molecule has 3 rings (SSSR count). The minimum atomic E-state index is -0.778. The summed E-state index contributed by atoms with van der Waals surface area (Å²) in [5, 5.41) is 10.8. The molecule has 4 nitrogen and oxygen atoms in total. The minimum absolute atomic E-state index is 0.128. The lowest BCUT2D eigenvalue weighted by molar-refractivity contribution is 0.154. The number of hydrogen-bond acceptors (Lipinski definition) is 3. The van der Waals surface area contributed by atoms with E-state index in [0.29, 0.717) is 15.7 Å². The van der Waals surface area contributed by atoms with E-state index in [-0.39, 0.29) is 12.1 Å². The van der Waals surface area contributed by atoms with Gasteiger partial charge < -0.3 is 10.1 Å². The maximum atomic E-state index is 12.5. The van der Waals surface area contributed by atoms with Crippen LogP contribution in [0.25, 0.3) is 10.9 Å². The Morgan fingerprint density at radius 1 is 1.10 bits per heavy atom. The van der Waals surface area contributed by atoms with Crippen LogP contribution in [0, 0.1) is 4.77 Å². The van der Waals surface area contributed by atoms with Crippen LogP contribution in [-0.4, -0.2) is 14.7 Å². The number of hydrogen-bond donors (Lipinski definition) is 2. The molecule has 0 aliphatic rings. The topological polar surface area (TPSA) is 58.0 Å². The Bertz CT molecular complexity index is 884. The van der Waals surface area contributed by atoms with Crippen molar-refractivity contribution in [3.63, 3.8) is 0 Å². The van der Waals surface area contributed by atoms with Crippen LogP contribution in [0.3, 0.4) is 0 Å². The standard InChI is InChI=1S/C16H14N2O2S/c19-14(11-6-2-1-3-7-11)10-18-15(20)12-8-4-5-9-13(12)17-16(18)21/h1-9,14,19H,10H2,(H,17,21). The van der Waals surface area contributed by atoms with Crippen LogP contribution in [0.2, 0.25) is 0 Å². The SMILES string of the molecule is O=c1c2ccccc2[nH]c(=S)n1CC(O)c1ccccc1. The Balaban J connectivity index is 2.05. The van der Waals surface area contributed by atoms with Gasteiger partial charge in [0, 0.05) is 0 Å². The quantitative estimate of drug-likeness (QED) is 0.731. The number of H-pyrrole nitrogens is 1. The first-order valence-corrected chi connectivity index (χ1v) is 7.02. The minimum Gasteiger partial charge on any atom is -0.387 e. The lowest BCUT2D eigenvalue weighted by Gasteiger charge is -2.13. The summed E-state index contributed by atoms with van der Waals surface area (Å²) in [5.41, 5.74) is 1.27. The van der Waals surface area contributed by atoms with Crippen molar-refractivity contribution in [1.82, 2.24) is 9.55 Å². The van der Waals surface area contributed by atoms with Crippen LogP contribution in [0.15, 0.2) is 59.4 Å². The molecule has 0 saturated heterocycles. The van der Waals surface area contributed by atoms with E-state index in [2.05, 4.69) is 4.98 Å². The fraction of sp³-hybridized carbons (Fsp3) is 0.125. The molecule has 0 bridgehead atoms. The Morgan fingerprint density at radius 2 is 1.76 bits per heavy atom. The lowest BCUT2D eigenvalue weighted by Crippen LogP contribution is -2.25. The van der Waals surface area contributed by atoms with Crippen LogP contribution in [-0.2, 0) is 6.54 Å². The van der Waals surface area contributed by atoms with Crippen molar-refractivity contribution < 1.29 is 5.11 Å². The van der Waals surface area contributed by atoms with Gasteiger partial charge in [-0.15, -0.1) is 0 Å². The van der Waals surface area contributed by atoms with Gasteiger partial charge in [-0.3, -0.25) is 9.36 Å². The van der Waals surface area contributed by atoms with Crippen LogP contribution in [0.4, 0.5) is 0 Å². The highest BCUT2D eigenvalue weighted by atomic mass is 32.1. The molecule has 0 radical (unpaired) electrons. The molecule has 2 N–H and O–H groups in total. The zero-order valence-electron chi connectivity index (χ0n) is 11.2. The summed E-state index contributed by atoms with van der Waals surface area (Å²) >= 11 is 5.23. The fourth-order valence-electron chi connectivity index (χ4n) is 2.32. The zero-order chi connectivity index (χ0) is 14.8. The van der Waals surface area contributed by atoms with E-state index >= 15 is 0 Å². The van der Waals surface area contributed by atoms with E-state index < -0.39 is 6.10 Å². The molecule has 0 saturated carbocycles. The van der Waals surface area contributed by atoms with Crippen LogP contribution >= 0.6 is 12.2 Å². The highest BCUT2D eigenvalue weighted by Gasteiger charge is 2.11. The van der Waals surface area contributed by atoms with E-state index in [1.807, 2.05) is 42.5 Å². The monoisotopic (exact) mass is 298 g/mol. The van der Waals surface area contributed by atoms with Crippen molar-refractivity contribution in [2.75, 3.05) is 0 Å². The number of rotatable bonds is 3. The van der Waals surface area contributed by atoms with Crippen molar-refractivity contribution >= 4 is 23.1 Å². The van der Waals surface area contributed by atoms with Gasteiger partial charge in [-0.05, 0) is 29.9 Å². The van der Waals surface area contributed by atoms with Crippen LogP contribution in [0.5, 0.6) is 0 Å². The molecule has 1 atom stereocenters. The third kappa shape index (κ3) is 2.66. The maximum Gasteiger partial charge on any atom is 0.262 e. The van der Waals surface area contributed by atoms with Gasteiger partial charge in [-0.2, -0.15) is 0 Å². The molecule has 21 heavy (non-hydrogen) atoms. The molecule has 1 unspecified atom stereocenters. The molecular weight excluding hydrogens is 284 g/mol. The summed E-state index contributed by atoms with van der Waals surface area (Å²) in [6.45, 7) is 0.128. The van der Waals surface area contributed by atoms with E-state index in [0.717, 1.165) is 5.56 Å². The van der Waals surface area contributed by atoms with Gasteiger partial charge in [0.05, 0.1) is 23.6 Å². The van der Waals surface area contributed by atoms with Gasteiger partial charge in [0.25, 0.3) is 5.56 Å². The second-order valence-corrected chi connectivity index (χ2v) is 5.20. The molecule has 0 spiro atoms. The van der Waals surface area contributed by atoms with Crippen molar-refractivity contribution in [1.29, 1.82) is 0 Å². The number of aliphatic hydroxyl groups is 1. The molecule has 0 fully saturated rings. The van der Waals surface area contributed by atoms with Crippen molar-refractivity contribution in [3.8, 4) is 0 Å². The molecule has 3 aromatic rings. The van der Waals surface area contributed by atoms with Gasteiger partial charge in [0.1, 0.15) is 0 Å². The Morgan fingerprint density at radius 3 is 2.52 bits per heavy atom. The largest absolute Gasteiger partial charge is 0.387 e. The Kier molecular flexibility index (Phi) is 3.68. The van der Waals surface area contributed by atoms with E-state index in [1.54, 1.807) is 12.1 Å². The van der Waals surface area contributed by atoms with E-state index in [4.69, 9.17) is 12.2 Å². The summed E-state index contributed by atoms with van der Waals surface area (Å²) in [7, 11) is 0. The normalized spacial score (nSPS) is 12.4. The second-order valence-electron chi connectivity index (χ2n) is 4.82. The van der Waals surface area contributed by atoms with Crippen molar-refractivity contribution in [3.05, 3.63) is 75.3 Å². The first-order chi connectivity index (χ1) is 10.2. The zero-order valence-corrected chi connectivity index (χ0v) is 12.0. The Labute approximate surface area is 126 Å². The number of aromatic nitrogens is 2. The van der Waals surface area contributed by atoms with Gasteiger partial charge in [-0.1, -0.05) is 42.5 Å². The number of aromatic amines is 1. The molecule has 1 heterocycles. The maximum absolute atomic E-state index is 12.5. The number of nitrogens with one attached hydrogen (secondary N) is 1. The molecule has 106 valence electrons. The number of para-hydroxylation sites is 1. The summed E-state index contributed by atoms with van der Waals surface area (Å²) in [6.07, 6.45) is -0.778. The smallest absolute Gasteiger partial charge is 0.262 e. The fourth-order valence-corrected chi connectivity index (χ4v) is 2.59. The van der Waals surface area contributed by atoms with E-state index in [1.165, 1.54) is 4.57 Å². The average molecular weight is 298 g/mol. The lowest BCUT2D eigenvalue weighted by atomic mass is 10.1. The summed E-state index contributed by atoms with van der Waals surface area (Å²) in [4.78, 5) is 15.5. The highest BCUT2D eigenvalue weighted by molar-refractivity contribution is 7.71. The van der Waals surface area contributed by atoms with Gasteiger partial charge in [0.2, 0.25) is 0 Å². The van der Waals surface area contributed by atoms with Crippen molar-refractivity contribution in [2.24, 2.45) is 0 Å². The third-order valence-electron chi connectivity index (χ3n) is 3.43. The first kappa shape index (κ1) is 13.7. The highest BCUT2D eigenvalue weighted by Crippen LogP contribution is 2.14.